The quantitative estimate of drug-likeness (QED) is 0.804. The van der Waals surface area contributed by atoms with Crippen LogP contribution in [-0.2, 0) is 4.74 Å². The lowest BCUT2D eigenvalue weighted by molar-refractivity contribution is 0.0147. The van der Waals surface area contributed by atoms with Gasteiger partial charge in [-0.05, 0) is 40.7 Å². The molecule has 1 N–H and O–H groups in total. The van der Waals surface area contributed by atoms with Crippen LogP contribution < -0.4 is 5.32 Å². The summed E-state index contributed by atoms with van der Waals surface area (Å²) >= 11 is 0. The summed E-state index contributed by atoms with van der Waals surface area (Å²) in [6, 6.07) is 2.04. The average molecular weight is 417 g/mol. The van der Waals surface area contributed by atoms with E-state index in [0.717, 1.165) is 30.7 Å². The van der Waals surface area contributed by atoms with Crippen LogP contribution in [0.1, 0.15) is 51.0 Å². The first-order chi connectivity index (χ1) is 14.1. The molecule has 1 saturated heterocycles. The monoisotopic (exact) mass is 416 g/mol. The molecule has 1 aliphatic heterocycles. The van der Waals surface area contributed by atoms with Crippen molar-refractivity contribution in [3.05, 3.63) is 24.0 Å². The predicted octanol–water partition coefficient (Wildman–Crippen LogP) is 2.29. The molecule has 0 aromatic carbocycles. The first kappa shape index (κ1) is 22.0. The third kappa shape index (κ3) is 5.47. The van der Waals surface area contributed by atoms with Crippen LogP contribution in [-0.4, -0.2) is 81.4 Å². The number of rotatable bonds is 5. The lowest BCUT2D eigenvalue weighted by Gasteiger charge is -2.35. The van der Waals surface area contributed by atoms with Gasteiger partial charge in [0.25, 0.3) is 5.91 Å². The molecule has 0 bridgehead atoms. The van der Waals surface area contributed by atoms with Gasteiger partial charge in [-0.1, -0.05) is 0 Å². The third-order valence-electron chi connectivity index (χ3n) is 4.92. The number of hydrogen-bond acceptors (Lipinski definition) is 6. The van der Waals surface area contributed by atoms with Crippen LogP contribution in [0.4, 0.5) is 4.79 Å². The first-order valence-corrected chi connectivity index (χ1v) is 10.5. The van der Waals surface area contributed by atoms with Crippen molar-refractivity contribution in [2.45, 2.75) is 46.3 Å². The van der Waals surface area contributed by atoms with Gasteiger partial charge in [-0.15, -0.1) is 0 Å². The van der Waals surface area contributed by atoms with Gasteiger partial charge in [0.2, 0.25) is 0 Å². The number of amides is 2. The molecule has 0 radical (unpaired) electrons. The van der Waals surface area contributed by atoms with E-state index >= 15 is 0 Å². The van der Waals surface area contributed by atoms with Crippen LogP contribution in [0.5, 0.6) is 0 Å². The fourth-order valence-corrected chi connectivity index (χ4v) is 3.35. The fourth-order valence-electron chi connectivity index (χ4n) is 3.35. The largest absolute Gasteiger partial charge is 0.444 e. The van der Waals surface area contributed by atoms with Crippen LogP contribution in [0.15, 0.2) is 18.5 Å². The molecule has 0 atom stereocenters. The maximum Gasteiger partial charge on any atom is 0.410 e. The second-order valence-corrected chi connectivity index (χ2v) is 8.88. The number of nitrogens with one attached hydrogen (secondary N) is 1. The van der Waals surface area contributed by atoms with Gasteiger partial charge in [-0.3, -0.25) is 9.69 Å². The van der Waals surface area contributed by atoms with Crippen molar-refractivity contribution in [3.63, 3.8) is 0 Å². The Kier molecular flexibility index (Phi) is 6.60. The Morgan fingerprint density at radius 1 is 1.17 bits per heavy atom. The average Bonchev–Trinajstić information content (AvgIpc) is 3.10. The number of ether oxygens (including phenoxy) is 1. The summed E-state index contributed by atoms with van der Waals surface area (Å²) in [7, 11) is 0. The third-order valence-corrected chi connectivity index (χ3v) is 4.92. The molecule has 0 saturated carbocycles. The number of hydrogen-bond donors (Lipinski definition) is 1. The number of carbonyl (C=O) groups is 2. The van der Waals surface area contributed by atoms with Crippen molar-refractivity contribution < 1.29 is 14.3 Å². The molecule has 0 unspecified atom stereocenters. The van der Waals surface area contributed by atoms with Crippen LogP contribution in [0.2, 0.25) is 0 Å². The Balaban J connectivity index is 1.44. The summed E-state index contributed by atoms with van der Waals surface area (Å²) < 4.78 is 7.26. The first-order valence-electron chi connectivity index (χ1n) is 10.5. The molecule has 2 amide bonds. The Labute approximate surface area is 177 Å². The smallest absolute Gasteiger partial charge is 0.410 e. The Morgan fingerprint density at radius 3 is 2.50 bits per heavy atom. The Hall–Kier alpha value is -2.68. The molecular formula is C21H32N6O3. The highest BCUT2D eigenvalue weighted by atomic mass is 16.6. The molecule has 164 valence electrons. The van der Waals surface area contributed by atoms with Crippen molar-refractivity contribution >= 4 is 23.0 Å². The van der Waals surface area contributed by atoms with E-state index in [1.165, 1.54) is 0 Å². The fraction of sp³-hybridized carbons (Fsp3) is 0.619. The van der Waals surface area contributed by atoms with Crippen LogP contribution in [0, 0.1) is 0 Å². The second kappa shape index (κ2) is 8.99. The van der Waals surface area contributed by atoms with Gasteiger partial charge in [0.15, 0.2) is 5.65 Å². The number of nitrogens with zero attached hydrogens (tertiary/aromatic N) is 5. The molecule has 9 heteroatoms. The van der Waals surface area contributed by atoms with E-state index < -0.39 is 5.60 Å². The van der Waals surface area contributed by atoms with Crippen molar-refractivity contribution in [2.75, 3.05) is 39.3 Å². The minimum atomic E-state index is -0.482. The van der Waals surface area contributed by atoms with Gasteiger partial charge in [0, 0.05) is 56.9 Å². The summed E-state index contributed by atoms with van der Waals surface area (Å²) in [6.07, 6.45) is 3.07. The maximum absolute atomic E-state index is 12.5. The molecule has 30 heavy (non-hydrogen) atoms. The van der Waals surface area contributed by atoms with Crippen LogP contribution in [0.3, 0.4) is 0 Å². The molecule has 1 fully saturated rings. The molecule has 2 aromatic rings. The summed E-state index contributed by atoms with van der Waals surface area (Å²) in [4.78, 5) is 33.0. The van der Waals surface area contributed by atoms with Crippen molar-refractivity contribution in [2.24, 2.45) is 0 Å². The highest BCUT2D eigenvalue weighted by Gasteiger charge is 2.25. The molecule has 3 rings (SSSR count). The van der Waals surface area contributed by atoms with Crippen LogP contribution >= 0.6 is 0 Å². The van der Waals surface area contributed by atoms with E-state index in [-0.39, 0.29) is 18.0 Å². The van der Waals surface area contributed by atoms with Gasteiger partial charge in [-0.2, -0.15) is 5.10 Å². The predicted molar refractivity (Wildman–Crippen MR) is 114 cm³/mol. The highest BCUT2D eigenvalue weighted by molar-refractivity contribution is 5.96. The van der Waals surface area contributed by atoms with Gasteiger partial charge < -0.3 is 15.0 Å². The zero-order valence-electron chi connectivity index (χ0n) is 18.5. The molecule has 3 heterocycles. The van der Waals surface area contributed by atoms with Gasteiger partial charge in [0.1, 0.15) is 5.60 Å². The van der Waals surface area contributed by atoms with E-state index in [9.17, 15) is 9.59 Å². The van der Waals surface area contributed by atoms with Crippen molar-refractivity contribution in [3.8, 4) is 0 Å². The Morgan fingerprint density at radius 2 is 1.87 bits per heavy atom. The number of fused-ring (bicyclic) bond motifs is 1. The molecule has 9 nitrogen and oxygen atoms in total. The van der Waals surface area contributed by atoms with E-state index in [0.29, 0.717) is 25.2 Å². The molecule has 0 aliphatic carbocycles. The number of carbonyl (C=O) groups excluding carboxylic acids is 2. The number of pyridine rings is 1. The normalized spacial score (nSPS) is 15.6. The molecule has 2 aromatic heterocycles. The summed E-state index contributed by atoms with van der Waals surface area (Å²) in [5.74, 6) is -0.144. The van der Waals surface area contributed by atoms with Gasteiger partial charge in [-0.25, -0.2) is 14.5 Å². The number of aromatic nitrogens is 3. The minimum absolute atomic E-state index is 0.144. The van der Waals surface area contributed by atoms with E-state index in [4.69, 9.17) is 4.74 Å². The highest BCUT2D eigenvalue weighted by Crippen LogP contribution is 2.16. The number of piperazine rings is 1. The molecule has 0 spiro atoms. The lowest BCUT2D eigenvalue weighted by atomic mass is 10.2. The summed E-state index contributed by atoms with van der Waals surface area (Å²) in [5, 5.41) is 8.14. The summed E-state index contributed by atoms with van der Waals surface area (Å²) in [5.41, 5.74) is 0.828. The van der Waals surface area contributed by atoms with E-state index in [1.54, 1.807) is 17.3 Å². The second-order valence-electron chi connectivity index (χ2n) is 8.88. The van der Waals surface area contributed by atoms with Gasteiger partial charge in [0.05, 0.1) is 11.8 Å². The lowest BCUT2D eigenvalue weighted by Crippen LogP contribution is -2.51. The summed E-state index contributed by atoms with van der Waals surface area (Å²) in [6.45, 7) is 13.7. The zero-order valence-corrected chi connectivity index (χ0v) is 18.5. The molecule has 1 aliphatic rings. The van der Waals surface area contributed by atoms with Gasteiger partial charge >= 0.3 is 6.09 Å². The topological polar surface area (TPSA) is 92.6 Å². The standard InChI is InChI=1S/C21H32N6O3/c1-15(2)27-18-16(14-24-27)12-17(13-23-18)19(28)22-6-7-25-8-10-26(11-9-25)20(29)30-21(3,4)5/h12-15H,6-11H2,1-5H3,(H,22,28). The van der Waals surface area contributed by atoms with E-state index in [2.05, 4.69) is 20.3 Å². The van der Waals surface area contributed by atoms with Crippen molar-refractivity contribution in [1.82, 2.24) is 29.9 Å². The Bertz CT molecular complexity index is 894. The van der Waals surface area contributed by atoms with E-state index in [1.807, 2.05) is 45.4 Å². The SMILES string of the molecule is CC(C)n1ncc2cc(C(=O)NCCN3CCN(C(=O)OC(C)(C)C)CC3)cnc21. The van der Waals surface area contributed by atoms with Crippen molar-refractivity contribution in [1.29, 1.82) is 0 Å². The molecular weight excluding hydrogens is 384 g/mol. The maximum atomic E-state index is 12.5. The van der Waals surface area contributed by atoms with Crippen LogP contribution in [0.25, 0.3) is 11.0 Å². The zero-order chi connectivity index (χ0) is 21.9. The minimum Gasteiger partial charge on any atom is -0.444 e.